The lowest BCUT2D eigenvalue weighted by molar-refractivity contribution is -0.127. The molecule has 0 fully saturated rings. The summed E-state index contributed by atoms with van der Waals surface area (Å²) in [4.78, 5) is 31.0. The number of likely N-dealkylation sites (N-methyl/N-ethyl adjacent to an activating group) is 1. The summed E-state index contributed by atoms with van der Waals surface area (Å²) < 4.78 is 1.65. The summed E-state index contributed by atoms with van der Waals surface area (Å²) in [5.74, 6) is -0.437. The van der Waals surface area contributed by atoms with Gasteiger partial charge in [0.15, 0.2) is 0 Å². The molecule has 1 aromatic rings. The largest absolute Gasteiger partial charge is 0.477 e. The molecule has 2 heterocycles. The average molecular weight is 292 g/mol. The highest BCUT2D eigenvalue weighted by molar-refractivity contribution is 5.88. The Morgan fingerprint density at radius 3 is 2.90 bits per heavy atom. The van der Waals surface area contributed by atoms with Crippen molar-refractivity contribution in [1.29, 1.82) is 0 Å². The van der Waals surface area contributed by atoms with Crippen LogP contribution in [0.3, 0.4) is 0 Å². The molecular formula is C14H20N4O3. The van der Waals surface area contributed by atoms with Crippen LogP contribution in [0.25, 0.3) is 0 Å². The Morgan fingerprint density at radius 2 is 2.24 bits per heavy atom. The van der Waals surface area contributed by atoms with Crippen LogP contribution in [-0.2, 0) is 17.9 Å². The molecule has 0 aromatic carbocycles. The number of nitrogens with zero attached hydrogens (tertiary/aromatic N) is 4. The van der Waals surface area contributed by atoms with E-state index in [2.05, 4.69) is 16.8 Å². The molecule has 0 aliphatic carbocycles. The van der Waals surface area contributed by atoms with Crippen LogP contribution in [0.15, 0.2) is 18.3 Å². The second-order valence-corrected chi connectivity index (χ2v) is 5.03. The zero-order chi connectivity index (χ0) is 15.4. The van der Waals surface area contributed by atoms with Crippen LogP contribution < -0.4 is 0 Å². The van der Waals surface area contributed by atoms with Gasteiger partial charge in [0.25, 0.3) is 0 Å². The number of fused-ring (bicyclic) bond motifs is 1. The van der Waals surface area contributed by atoms with Gasteiger partial charge in [0.2, 0.25) is 5.91 Å². The Bertz CT molecular complexity index is 565. The SMILES string of the molecule is CCN(C)C/C=C/C(=O)N1CCn2c(C(=O)O)cnc2C1. The molecule has 1 amide bonds. The number of carbonyl (C=O) groups excluding carboxylic acids is 1. The number of carboxylic acid groups (broad SMARTS) is 1. The van der Waals surface area contributed by atoms with Crippen molar-refractivity contribution in [2.24, 2.45) is 0 Å². The van der Waals surface area contributed by atoms with Crippen molar-refractivity contribution in [2.75, 3.05) is 26.7 Å². The van der Waals surface area contributed by atoms with E-state index in [0.717, 1.165) is 13.1 Å². The lowest BCUT2D eigenvalue weighted by Gasteiger charge is -2.27. The van der Waals surface area contributed by atoms with Crippen LogP contribution in [0.4, 0.5) is 0 Å². The number of hydrogen-bond donors (Lipinski definition) is 1. The van der Waals surface area contributed by atoms with E-state index in [9.17, 15) is 9.59 Å². The van der Waals surface area contributed by atoms with Gasteiger partial charge < -0.3 is 19.5 Å². The van der Waals surface area contributed by atoms with Crippen LogP contribution in [0.1, 0.15) is 23.2 Å². The molecule has 0 unspecified atom stereocenters. The first-order valence-corrected chi connectivity index (χ1v) is 6.94. The summed E-state index contributed by atoms with van der Waals surface area (Å²) in [6, 6.07) is 0. The third kappa shape index (κ3) is 3.49. The third-order valence-corrected chi connectivity index (χ3v) is 3.61. The predicted molar refractivity (Wildman–Crippen MR) is 76.9 cm³/mol. The minimum absolute atomic E-state index is 0.0642. The fourth-order valence-corrected chi connectivity index (χ4v) is 2.19. The van der Waals surface area contributed by atoms with Gasteiger partial charge >= 0.3 is 5.97 Å². The summed E-state index contributed by atoms with van der Waals surface area (Å²) in [6.45, 7) is 5.02. The van der Waals surface area contributed by atoms with E-state index in [1.165, 1.54) is 6.20 Å². The van der Waals surface area contributed by atoms with Gasteiger partial charge in [-0.2, -0.15) is 0 Å². The van der Waals surface area contributed by atoms with E-state index in [1.54, 1.807) is 15.5 Å². The number of carbonyl (C=O) groups is 2. The minimum Gasteiger partial charge on any atom is -0.477 e. The van der Waals surface area contributed by atoms with Gasteiger partial charge in [0.1, 0.15) is 11.5 Å². The first-order chi connectivity index (χ1) is 10.0. The highest BCUT2D eigenvalue weighted by Crippen LogP contribution is 2.14. The molecule has 0 spiro atoms. The van der Waals surface area contributed by atoms with E-state index < -0.39 is 5.97 Å². The molecule has 7 nitrogen and oxygen atoms in total. The van der Waals surface area contributed by atoms with Crippen LogP contribution in [0.5, 0.6) is 0 Å². The van der Waals surface area contributed by atoms with Crippen LogP contribution >= 0.6 is 0 Å². The maximum Gasteiger partial charge on any atom is 0.354 e. The number of amides is 1. The fourth-order valence-electron chi connectivity index (χ4n) is 2.19. The molecular weight excluding hydrogens is 272 g/mol. The highest BCUT2D eigenvalue weighted by Gasteiger charge is 2.24. The van der Waals surface area contributed by atoms with Crippen molar-refractivity contribution in [3.8, 4) is 0 Å². The van der Waals surface area contributed by atoms with Gasteiger partial charge in [-0.1, -0.05) is 13.0 Å². The molecule has 21 heavy (non-hydrogen) atoms. The first-order valence-electron chi connectivity index (χ1n) is 6.94. The van der Waals surface area contributed by atoms with Crippen molar-refractivity contribution < 1.29 is 14.7 Å². The molecule has 0 radical (unpaired) electrons. The van der Waals surface area contributed by atoms with Gasteiger partial charge in [-0.15, -0.1) is 0 Å². The van der Waals surface area contributed by atoms with E-state index in [-0.39, 0.29) is 11.6 Å². The minimum atomic E-state index is -0.990. The molecule has 0 saturated heterocycles. The van der Waals surface area contributed by atoms with Gasteiger partial charge in [-0.25, -0.2) is 9.78 Å². The van der Waals surface area contributed by atoms with Gasteiger partial charge in [-0.05, 0) is 13.6 Å². The summed E-state index contributed by atoms with van der Waals surface area (Å²) in [7, 11) is 1.99. The maximum absolute atomic E-state index is 12.1. The Kier molecular flexibility index (Phi) is 4.74. The lowest BCUT2D eigenvalue weighted by Crippen LogP contribution is -2.38. The number of rotatable bonds is 5. The van der Waals surface area contributed by atoms with Crippen molar-refractivity contribution in [3.63, 3.8) is 0 Å². The Labute approximate surface area is 123 Å². The van der Waals surface area contributed by atoms with Crippen molar-refractivity contribution >= 4 is 11.9 Å². The zero-order valence-electron chi connectivity index (χ0n) is 12.3. The second kappa shape index (κ2) is 6.53. The fraction of sp³-hybridized carbons (Fsp3) is 0.500. The number of hydrogen-bond acceptors (Lipinski definition) is 4. The molecule has 114 valence electrons. The topological polar surface area (TPSA) is 78.7 Å². The van der Waals surface area contributed by atoms with Gasteiger partial charge in [-0.3, -0.25) is 4.79 Å². The zero-order valence-corrected chi connectivity index (χ0v) is 12.3. The van der Waals surface area contributed by atoms with E-state index in [4.69, 9.17) is 5.11 Å². The molecule has 1 aliphatic heterocycles. The molecule has 0 bridgehead atoms. The lowest BCUT2D eigenvalue weighted by atomic mass is 10.3. The molecule has 1 N–H and O–H groups in total. The Balaban J connectivity index is 1.98. The molecule has 1 aliphatic rings. The Hall–Kier alpha value is -2.15. The summed E-state index contributed by atoms with van der Waals surface area (Å²) in [6.07, 6.45) is 4.76. The summed E-state index contributed by atoms with van der Waals surface area (Å²) >= 11 is 0. The number of aromatic nitrogens is 2. The third-order valence-electron chi connectivity index (χ3n) is 3.61. The number of aromatic carboxylic acids is 1. The first kappa shape index (κ1) is 15.2. The van der Waals surface area contributed by atoms with Crippen molar-refractivity contribution in [2.45, 2.75) is 20.0 Å². The van der Waals surface area contributed by atoms with Crippen LogP contribution in [0.2, 0.25) is 0 Å². The normalized spacial score (nSPS) is 14.7. The number of carboxylic acids is 1. The van der Waals surface area contributed by atoms with Crippen LogP contribution in [0, 0.1) is 0 Å². The number of imidazole rings is 1. The summed E-state index contributed by atoms with van der Waals surface area (Å²) in [5, 5.41) is 9.04. The molecule has 1 aromatic heterocycles. The monoisotopic (exact) mass is 292 g/mol. The van der Waals surface area contributed by atoms with E-state index in [0.29, 0.717) is 25.5 Å². The summed E-state index contributed by atoms with van der Waals surface area (Å²) in [5.41, 5.74) is 0.178. The van der Waals surface area contributed by atoms with Crippen LogP contribution in [-0.4, -0.2) is 63.0 Å². The maximum atomic E-state index is 12.1. The van der Waals surface area contributed by atoms with Crippen molar-refractivity contribution in [1.82, 2.24) is 19.4 Å². The molecule has 2 rings (SSSR count). The van der Waals surface area contributed by atoms with Gasteiger partial charge in [0, 0.05) is 25.7 Å². The van der Waals surface area contributed by atoms with Crippen molar-refractivity contribution in [3.05, 3.63) is 29.9 Å². The van der Waals surface area contributed by atoms with Gasteiger partial charge in [0.05, 0.1) is 12.7 Å². The second-order valence-electron chi connectivity index (χ2n) is 5.03. The van der Waals surface area contributed by atoms with E-state index in [1.807, 2.05) is 13.1 Å². The Morgan fingerprint density at radius 1 is 1.48 bits per heavy atom. The standard InChI is InChI=1S/C14H20N4O3/c1-3-16(2)6-4-5-13(19)17-7-8-18-11(14(20)21)9-15-12(18)10-17/h4-5,9H,3,6-8,10H2,1-2H3,(H,20,21)/b5-4+. The smallest absolute Gasteiger partial charge is 0.354 e. The quantitative estimate of drug-likeness (QED) is 0.796. The molecule has 7 heteroatoms. The van der Waals surface area contributed by atoms with E-state index >= 15 is 0 Å². The predicted octanol–water partition coefficient (Wildman–Crippen LogP) is 0.431. The molecule has 0 saturated carbocycles. The highest BCUT2D eigenvalue weighted by atomic mass is 16.4. The average Bonchev–Trinajstić information content (AvgIpc) is 2.89. The molecule has 0 atom stereocenters.